The predicted molar refractivity (Wildman–Crippen MR) is 67.0 cm³/mol. The summed E-state index contributed by atoms with van der Waals surface area (Å²) in [5.74, 6) is 0.0923. The van der Waals surface area contributed by atoms with Gasteiger partial charge in [-0.15, -0.1) is 11.8 Å². The molecule has 0 heterocycles. The molecule has 16 heavy (non-hydrogen) atoms. The van der Waals surface area contributed by atoms with Crippen LogP contribution in [0.5, 0.6) is 0 Å². The van der Waals surface area contributed by atoms with E-state index in [4.69, 9.17) is 10.8 Å². The van der Waals surface area contributed by atoms with Crippen LogP contribution in [0.4, 0.5) is 0 Å². The van der Waals surface area contributed by atoms with Crippen LogP contribution in [0.25, 0.3) is 0 Å². The number of carbonyl (C=O) groups is 1. The number of hydrogen-bond acceptors (Lipinski definition) is 3. The summed E-state index contributed by atoms with van der Waals surface area (Å²) in [6, 6.07) is 7.12. The average Bonchev–Trinajstić information content (AvgIpc) is 2.29. The van der Waals surface area contributed by atoms with Crippen molar-refractivity contribution in [1.29, 1.82) is 0 Å². The Hall–Kier alpha value is -1.00. The van der Waals surface area contributed by atoms with Crippen LogP contribution in [-0.4, -0.2) is 23.4 Å². The lowest BCUT2D eigenvalue weighted by Crippen LogP contribution is -1.99. The molecule has 0 aromatic heterocycles. The Bertz CT molecular complexity index is 342. The normalized spacial score (nSPS) is 10.3. The maximum absolute atomic E-state index is 10.9. The van der Waals surface area contributed by atoms with Crippen molar-refractivity contribution in [2.75, 3.05) is 12.3 Å². The van der Waals surface area contributed by atoms with Crippen molar-refractivity contribution in [2.45, 2.75) is 24.2 Å². The Morgan fingerprint density at radius 2 is 2.00 bits per heavy atom. The molecule has 0 spiro atoms. The minimum Gasteiger partial charge on any atom is -0.478 e. The summed E-state index contributed by atoms with van der Waals surface area (Å²) in [4.78, 5) is 11.8. The third-order valence-electron chi connectivity index (χ3n) is 2.22. The van der Waals surface area contributed by atoms with E-state index >= 15 is 0 Å². The molecule has 0 unspecified atom stereocenters. The van der Waals surface area contributed by atoms with Crippen molar-refractivity contribution in [3.8, 4) is 0 Å². The highest BCUT2D eigenvalue weighted by molar-refractivity contribution is 7.99. The lowest BCUT2D eigenvalue weighted by molar-refractivity contribution is 0.0693. The second-order valence-corrected chi connectivity index (χ2v) is 4.64. The number of nitrogens with two attached hydrogens (primary N) is 1. The van der Waals surface area contributed by atoms with Crippen molar-refractivity contribution >= 4 is 17.7 Å². The Labute approximate surface area is 100 Å². The van der Waals surface area contributed by atoms with Crippen LogP contribution >= 0.6 is 11.8 Å². The smallest absolute Gasteiger partial charge is 0.336 e. The fourth-order valence-corrected chi connectivity index (χ4v) is 2.43. The first-order valence-electron chi connectivity index (χ1n) is 5.41. The summed E-state index contributed by atoms with van der Waals surface area (Å²) < 4.78 is 0. The zero-order valence-corrected chi connectivity index (χ0v) is 10.0. The summed E-state index contributed by atoms with van der Waals surface area (Å²) in [5.41, 5.74) is 5.80. The van der Waals surface area contributed by atoms with Gasteiger partial charge < -0.3 is 10.8 Å². The minimum absolute atomic E-state index is 0.395. The summed E-state index contributed by atoms with van der Waals surface area (Å²) in [7, 11) is 0. The van der Waals surface area contributed by atoms with Crippen molar-refractivity contribution in [2.24, 2.45) is 5.73 Å². The highest BCUT2D eigenvalue weighted by atomic mass is 32.2. The van der Waals surface area contributed by atoms with Crippen molar-refractivity contribution < 1.29 is 9.90 Å². The molecule has 0 amide bonds. The highest BCUT2D eigenvalue weighted by Crippen LogP contribution is 2.23. The molecule has 1 aromatic rings. The molecule has 1 rings (SSSR count). The molecule has 0 aliphatic rings. The Kier molecular flexibility index (Phi) is 5.96. The van der Waals surface area contributed by atoms with Gasteiger partial charge in [-0.25, -0.2) is 4.79 Å². The number of unbranched alkanes of at least 4 members (excludes halogenated alkanes) is 2. The van der Waals surface area contributed by atoms with E-state index in [0.29, 0.717) is 5.56 Å². The minimum atomic E-state index is -0.856. The van der Waals surface area contributed by atoms with E-state index in [9.17, 15) is 4.79 Å². The molecule has 0 atom stereocenters. The van der Waals surface area contributed by atoms with E-state index in [1.54, 1.807) is 23.9 Å². The number of carboxylic acids is 1. The fourth-order valence-electron chi connectivity index (χ4n) is 1.37. The third-order valence-corrected chi connectivity index (χ3v) is 3.38. The molecule has 0 fully saturated rings. The second kappa shape index (κ2) is 7.30. The highest BCUT2D eigenvalue weighted by Gasteiger charge is 2.08. The number of rotatable bonds is 7. The van der Waals surface area contributed by atoms with Crippen LogP contribution in [0, 0.1) is 0 Å². The van der Waals surface area contributed by atoms with Crippen molar-refractivity contribution in [3.05, 3.63) is 29.8 Å². The van der Waals surface area contributed by atoms with Crippen LogP contribution in [0.3, 0.4) is 0 Å². The third kappa shape index (κ3) is 4.24. The molecule has 4 heteroatoms. The number of aromatic carboxylic acids is 1. The fraction of sp³-hybridized carbons (Fsp3) is 0.417. The molecule has 0 aliphatic heterocycles. The van der Waals surface area contributed by atoms with Gasteiger partial charge in [0, 0.05) is 4.90 Å². The molecular formula is C12H17NO2S. The molecule has 0 radical (unpaired) electrons. The summed E-state index contributed by atoms with van der Waals surface area (Å²) >= 11 is 1.60. The Balaban J connectivity index is 2.44. The van der Waals surface area contributed by atoms with E-state index in [2.05, 4.69) is 0 Å². The van der Waals surface area contributed by atoms with Crippen molar-refractivity contribution in [1.82, 2.24) is 0 Å². The van der Waals surface area contributed by atoms with Crippen LogP contribution in [0.2, 0.25) is 0 Å². The van der Waals surface area contributed by atoms with Gasteiger partial charge in [0.05, 0.1) is 5.56 Å². The van der Waals surface area contributed by atoms with Gasteiger partial charge in [-0.05, 0) is 37.3 Å². The van der Waals surface area contributed by atoms with Gasteiger partial charge in [-0.3, -0.25) is 0 Å². The maximum Gasteiger partial charge on any atom is 0.336 e. The van der Waals surface area contributed by atoms with Gasteiger partial charge in [0.25, 0.3) is 0 Å². The molecule has 0 bridgehead atoms. The average molecular weight is 239 g/mol. The number of hydrogen-bond donors (Lipinski definition) is 2. The van der Waals surface area contributed by atoms with E-state index in [0.717, 1.165) is 36.5 Å². The lowest BCUT2D eigenvalue weighted by atomic mass is 10.2. The van der Waals surface area contributed by atoms with Crippen LogP contribution in [0.1, 0.15) is 29.6 Å². The monoisotopic (exact) mass is 239 g/mol. The maximum atomic E-state index is 10.9. The lowest BCUT2D eigenvalue weighted by Gasteiger charge is -2.04. The van der Waals surface area contributed by atoms with Gasteiger partial charge >= 0.3 is 5.97 Å². The number of carboxylic acid groups (broad SMARTS) is 1. The van der Waals surface area contributed by atoms with Gasteiger partial charge in [0.15, 0.2) is 0 Å². The first kappa shape index (κ1) is 13.1. The molecule has 1 aromatic carbocycles. The largest absolute Gasteiger partial charge is 0.478 e. The molecule has 88 valence electrons. The van der Waals surface area contributed by atoms with Gasteiger partial charge in [0.2, 0.25) is 0 Å². The van der Waals surface area contributed by atoms with Crippen LogP contribution in [-0.2, 0) is 0 Å². The van der Waals surface area contributed by atoms with E-state index in [-0.39, 0.29) is 0 Å². The predicted octanol–water partition coefficient (Wildman–Crippen LogP) is 2.61. The Morgan fingerprint density at radius 1 is 1.25 bits per heavy atom. The second-order valence-electron chi connectivity index (χ2n) is 3.50. The van der Waals surface area contributed by atoms with E-state index < -0.39 is 5.97 Å². The van der Waals surface area contributed by atoms with Gasteiger partial charge in [-0.1, -0.05) is 18.6 Å². The molecule has 0 aliphatic carbocycles. The molecule has 3 nitrogen and oxygen atoms in total. The summed E-state index contributed by atoms with van der Waals surface area (Å²) in [5, 5.41) is 8.98. The number of benzene rings is 1. The first-order chi connectivity index (χ1) is 7.75. The SMILES string of the molecule is NCCCCCSc1ccccc1C(=O)O. The molecule has 0 saturated carbocycles. The zero-order valence-electron chi connectivity index (χ0n) is 9.19. The van der Waals surface area contributed by atoms with Gasteiger partial charge in [0.1, 0.15) is 0 Å². The Morgan fingerprint density at radius 3 is 2.69 bits per heavy atom. The van der Waals surface area contributed by atoms with E-state index in [1.807, 2.05) is 12.1 Å². The van der Waals surface area contributed by atoms with Crippen molar-refractivity contribution in [3.63, 3.8) is 0 Å². The van der Waals surface area contributed by atoms with Crippen LogP contribution in [0.15, 0.2) is 29.2 Å². The summed E-state index contributed by atoms with van der Waals surface area (Å²) in [6.45, 7) is 0.733. The van der Waals surface area contributed by atoms with Gasteiger partial charge in [-0.2, -0.15) is 0 Å². The molecular weight excluding hydrogens is 222 g/mol. The van der Waals surface area contributed by atoms with Crippen LogP contribution < -0.4 is 5.73 Å². The summed E-state index contributed by atoms with van der Waals surface area (Å²) in [6.07, 6.45) is 3.23. The molecule has 3 N–H and O–H groups in total. The standard InChI is InChI=1S/C12H17NO2S/c13-8-4-1-5-9-16-11-7-3-2-6-10(11)12(14)15/h2-3,6-7H,1,4-5,8-9,13H2,(H,14,15). The quantitative estimate of drug-likeness (QED) is 0.567. The molecule has 0 saturated heterocycles. The first-order valence-corrected chi connectivity index (χ1v) is 6.39. The zero-order chi connectivity index (χ0) is 11.8. The number of thioether (sulfide) groups is 1. The van der Waals surface area contributed by atoms with E-state index in [1.165, 1.54) is 0 Å². The topological polar surface area (TPSA) is 63.3 Å².